The molecular weight excluding hydrogens is 362 g/mol. The number of piperidine rings is 1. The third kappa shape index (κ3) is 4.23. The summed E-state index contributed by atoms with van der Waals surface area (Å²) >= 11 is 0. The van der Waals surface area contributed by atoms with Crippen LogP contribution in [0.3, 0.4) is 0 Å². The van der Waals surface area contributed by atoms with E-state index in [0.717, 1.165) is 42.1 Å². The van der Waals surface area contributed by atoms with Crippen LogP contribution in [0.4, 0.5) is 8.78 Å². The molecule has 144 valence electrons. The van der Waals surface area contributed by atoms with Crippen molar-refractivity contribution in [2.75, 3.05) is 13.1 Å². The number of sulfonamides is 1. The van der Waals surface area contributed by atoms with Crippen LogP contribution in [-0.4, -0.2) is 37.8 Å². The smallest absolute Gasteiger partial charge is 0.246 e. The molecule has 1 N–H and O–H groups in total. The van der Waals surface area contributed by atoms with Gasteiger partial charge in [-0.2, -0.15) is 4.31 Å². The summed E-state index contributed by atoms with van der Waals surface area (Å²) in [6.45, 7) is 0.197. The van der Waals surface area contributed by atoms with E-state index in [1.807, 2.05) is 0 Å². The Balaban J connectivity index is 1.71. The molecule has 0 spiro atoms. The first-order valence-corrected chi connectivity index (χ1v) is 10.6. The molecule has 26 heavy (non-hydrogen) atoms. The highest BCUT2D eigenvalue weighted by molar-refractivity contribution is 7.89. The van der Waals surface area contributed by atoms with Gasteiger partial charge in [-0.3, -0.25) is 4.79 Å². The minimum Gasteiger partial charge on any atom is -0.353 e. The normalized spacial score (nSPS) is 22.9. The fraction of sp³-hybridized carbons (Fsp3) is 0.611. The molecule has 1 aromatic carbocycles. The first-order chi connectivity index (χ1) is 12.4. The molecule has 1 aromatic rings. The van der Waals surface area contributed by atoms with Gasteiger partial charge in [-0.05, 0) is 43.9 Å². The molecule has 1 unspecified atom stereocenters. The van der Waals surface area contributed by atoms with Gasteiger partial charge in [0.05, 0.1) is 5.92 Å². The van der Waals surface area contributed by atoms with Gasteiger partial charge in [0, 0.05) is 19.1 Å². The van der Waals surface area contributed by atoms with Crippen LogP contribution in [0.25, 0.3) is 0 Å². The zero-order chi connectivity index (χ0) is 18.7. The molecule has 2 aliphatic rings. The zero-order valence-corrected chi connectivity index (χ0v) is 15.4. The second-order valence-corrected chi connectivity index (χ2v) is 9.03. The first-order valence-electron chi connectivity index (χ1n) is 9.13. The third-order valence-corrected chi connectivity index (χ3v) is 7.10. The minimum atomic E-state index is -4.18. The summed E-state index contributed by atoms with van der Waals surface area (Å²) in [6, 6.07) is 2.53. The Morgan fingerprint density at radius 1 is 1.08 bits per heavy atom. The monoisotopic (exact) mass is 386 g/mol. The van der Waals surface area contributed by atoms with Gasteiger partial charge in [0.2, 0.25) is 15.9 Å². The molecule has 1 saturated heterocycles. The van der Waals surface area contributed by atoms with Crippen LogP contribution in [0.15, 0.2) is 23.1 Å². The lowest BCUT2D eigenvalue weighted by molar-refractivity contribution is -0.127. The van der Waals surface area contributed by atoms with Gasteiger partial charge in [-0.15, -0.1) is 0 Å². The van der Waals surface area contributed by atoms with Gasteiger partial charge in [0.15, 0.2) is 0 Å². The number of nitrogens with one attached hydrogen (secondary N) is 1. The number of hydrogen-bond acceptors (Lipinski definition) is 3. The number of carbonyl (C=O) groups excluding carboxylic acids is 1. The highest BCUT2D eigenvalue weighted by atomic mass is 32.2. The molecule has 3 rings (SSSR count). The average Bonchev–Trinajstić information content (AvgIpc) is 2.64. The van der Waals surface area contributed by atoms with Crippen LogP contribution in [0.2, 0.25) is 0 Å². The Bertz CT molecular complexity index is 764. The van der Waals surface area contributed by atoms with E-state index in [0.29, 0.717) is 18.9 Å². The molecule has 1 aliphatic heterocycles. The van der Waals surface area contributed by atoms with Crippen molar-refractivity contribution in [2.45, 2.75) is 55.9 Å². The molecule has 1 atom stereocenters. The van der Waals surface area contributed by atoms with Crippen molar-refractivity contribution in [3.05, 3.63) is 29.8 Å². The molecular formula is C18H24F2N2O3S. The number of amides is 1. The van der Waals surface area contributed by atoms with Crippen molar-refractivity contribution in [1.29, 1.82) is 0 Å². The summed E-state index contributed by atoms with van der Waals surface area (Å²) < 4.78 is 53.8. The summed E-state index contributed by atoms with van der Waals surface area (Å²) in [5.74, 6) is -2.40. The Hall–Kier alpha value is -1.54. The second kappa shape index (κ2) is 8.00. The Morgan fingerprint density at radius 3 is 2.54 bits per heavy atom. The summed E-state index contributed by atoms with van der Waals surface area (Å²) in [5, 5.41) is 3.03. The predicted molar refractivity (Wildman–Crippen MR) is 92.9 cm³/mol. The number of nitrogens with zero attached hydrogens (tertiary/aromatic N) is 1. The fourth-order valence-corrected chi connectivity index (χ4v) is 5.35. The highest BCUT2D eigenvalue weighted by Crippen LogP contribution is 2.26. The van der Waals surface area contributed by atoms with Crippen molar-refractivity contribution in [3.63, 3.8) is 0 Å². The fourth-order valence-electron chi connectivity index (χ4n) is 3.75. The lowest BCUT2D eigenvalue weighted by atomic mass is 9.93. The van der Waals surface area contributed by atoms with Crippen LogP contribution in [0.1, 0.15) is 44.9 Å². The Kier molecular flexibility index (Phi) is 5.92. The van der Waals surface area contributed by atoms with E-state index in [4.69, 9.17) is 0 Å². The lowest BCUT2D eigenvalue weighted by Gasteiger charge is -2.32. The standard InChI is InChI=1S/C18H24F2N2O3S/c19-14-8-9-16(20)17(11-14)26(24,25)22-10-4-5-13(12-22)18(23)21-15-6-2-1-3-7-15/h8-9,11,13,15H,1-7,10,12H2,(H,21,23). The van der Waals surface area contributed by atoms with Crippen molar-refractivity contribution in [2.24, 2.45) is 5.92 Å². The molecule has 1 saturated carbocycles. The second-order valence-electron chi connectivity index (χ2n) is 7.12. The lowest BCUT2D eigenvalue weighted by Crippen LogP contribution is -2.48. The van der Waals surface area contributed by atoms with Crippen LogP contribution in [0.5, 0.6) is 0 Å². The summed E-state index contributed by atoms with van der Waals surface area (Å²) in [6.07, 6.45) is 6.38. The molecule has 1 aliphatic carbocycles. The highest BCUT2D eigenvalue weighted by Gasteiger charge is 2.35. The van der Waals surface area contributed by atoms with Crippen molar-refractivity contribution < 1.29 is 22.0 Å². The van der Waals surface area contributed by atoms with E-state index in [-0.39, 0.29) is 25.0 Å². The number of rotatable bonds is 4. The number of carbonyl (C=O) groups is 1. The first kappa shape index (κ1) is 19.2. The third-order valence-electron chi connectivity index (χ3n) is 5.22. The largest absolute Gasteiger partial charge is 0.353 e. The molecule has 1 amide bonds. The molecule has 0 radical (unpaired) electrons. The van der Waals surface area contributed by atoms with E-state index in [1.165, 1.54) is 6.42 Å². The van der Waals surface area contributed by atoms with Crippen molar-refractivity contribution in [1.82, 2.24) is 9.62 Å². The number of benzene rings is 1. The molecule has 1 heterocycles. The number of hydrogen-bond donors (Lipinski definition) is 1. The Morgan fingerprint density at radius 2 is 1.81 bits per heavy atom. The van der Waals surface area contributed by atoms with Crippen molar-refractivity contribution in [3.8, 4) is 0 Å². The van der Waals surface area contributed by atoms with E-state index in [2.05, 4.69) is 5.32 Å². The number of halogens is 2. The predicted octanol–water partition coefficient (Wildman–Crippen LogP) is 2.81. The van der Waals surface area contributed by atoms with Crippen LogP contribution >= 0.6 is 0 Å². The van der Waals surface area contributed by atoms with E-state index in [1.54, 1.807) is 0 Å². The summed E-state index contributed by atoms with van der Waals surface area (Å²) in [7, 11) is -4.18. The van der Waals surface area contributed by atoms with Gasteiger partial charge in [-0.1, -0.05) is 19.3 Å². The maximum Gasteiger partial charge on any atom is 0.246 e. The van der Waals surface area contributed by atoms with E-state index in [9.17, 15) is 22.0 Å². The average molecular weight is 386 g/mol. The molecule has 5 nitrogen and oxygen atoms in total. The van der Waals surface area contributed by atoms with Crippen LogP contribution in [-0.2, 0) is 14.8 Å². The topological polar surface area (TPSA) is 66.5 Å². The maximum atomic E-state index is 13.9. The van der Waals surface area contributed by atoms with Gasteiger partial charge in [0.25, 0.3) is 0 Å². The quantitative estimate of drug-likeness (QED) is 0.865. The van der Waals surface area contributed by atoms with E-state index >= 15 is 0 Å². The van der Waals surface area contributed by atoms with Crippen LogP contribution < -0.4 is 5.32 Å². The van der Waals surface area contributed by atoms with Crippen LogP contribution in [0, 0.1) is 17.6 Å². The van der Waals surface area contributed by atoms with E-state index < -0.39 is 32.5 Å². The summed E-state index contributed by atoms with van der Waals surface area (Å²) in [4.78, 5) is 11.9. The van der Waals surface area contributed by atoms with Crippen molar-refractivity contribution >= 4 is 15.9 Å². The maximum absolute atomic E-state index is 13.9. The zero-order valence-electron chi connectivity index (χ0n) is 14.6. The molecule has 8 heteroatoms. The minimum absolute atomic E-state index is 0.00313. The molecule has 0 aromatic heterocycles. The summed E-state index contributed by atoms with van der Waals surface area (Å²) in [5.41, 5.74) is 0. The Labute approximate surface area is 152 Å². The van der Waals surface area contributed by atoms with Gasteiger partial charge in [-0.25, -0.2) is 17.2 Å². The SMILES string of the molecule is O=C(NC1CCCCC1)C1CCCN(S(=O)(=O)c2cc(F)ccc2F)C1. The van der Waals surface area contributed by atoms with Gasteiger partial charge in [0.1, 0.15) is 16.5 Å². The van der Waals surface area contributed by atoms with Gasteiger partial charge >= 0.3 is 0 Å². The van der Waals surface area contributed by atoms with Gasteiger partial charge < -0.3 is 5.32 Å². The molecule has 0 bridgehead atoms. The molecule has 2 fully saturated rings.